The van der Waals surface area contributed by atoms with Gasteiger partial charge in [-0.05, 0) is 12.8 Å². The number of carbonyl (C=O) groups is 1. The van der Waals surface area contributed by atoms with E-state index in [0.717, 1.165) is 12.8 Å². The lowest BCUT2D eigenvalue weighted by molar-refractivity contribution is 0.0914. The average Bonchev–Trinajstić information content (AvgIpc) is 2.53. The number of rotatable bonds is 2. The van der Waals surface area contributed by atoms with E-state index in [0.29, 0.717) is 4.88 Å². The first-order chi connectivity index (χ1) is 6.25. The highest BCUT2D eigenvalue weighted by atomic mass is 32.1. The Labute approximate surface area is 80.2 Å². The van der Waals surface area contributed by atoms with Crippen LogP contribution in [0, 0.1) is 0 Å². The first-order valence-electron chi connectivity index (χ1n) is 4.20. The Bertz CT molecular complexity index is 292. The Morgan fingerprint density at radius 2 is 2.46 bits per heavy atom. The minimum absolute atomic E-state index is 0.0283. The lowest BCUT2D eigenvalue weighted by Gasteiger charge is -2.32. The zero-order valence-electron chi connectivity index (χ0n) is 7.06. The Hall–Kier alpha value is -0.940. The fourth-order valence-electron chi connectivity index (χ4n) is 1.36. The van der Waals surface area contributed by atoms with Gasteiger partial charge in [-0.1, -0.05) is 0 Å². The van der Waals surface area contributed by atoms with Crippen LogP contribution >= 0.6 is 11.3 Å². The van der Waals surface area contributed by atoms with Crippen molar-refractivity contribution in [3.63, 3.8) is 0 Å². The van der Waals surface area contributed by atoms with E-state index < -0.39 is 0 Å². The third-order valence-corrected chi connectivity index (χ3v) is 2.94. The van der Waals surface area contributed by atoms with E-state index in [9.17, 15) is 4.79 Å². The lowest BCUT2D eigenvalue weighted by Crippen LogP contribution is -2.50. The molecule has 1 aliphatic rings. The molecule has 1 heterocycles. The van der Waals surface area contributed by atoms with Crippen molar-refractivity contribution in [2.45, 2.75) is 24.9 Å². The van der Waals surface area contributed by atoms with Crippen molar-refractivity contribution in [2.75, 3.05) is 0 Å². The predicted molar refractivity (Wildman–Crippen MR) is 50.6 cm³/mol. The van der Waals surface area contributed by atoms with E-state index in [2.05, 4.69) is 10.3 Å². The number of amides is 1. The molecular formula is C8H11N3OS. The number of hydrogen-bond acceptors (Lipinski definition) is 4. The van der Waals surface area contributed by atoms with Gasteiger partial charge in [0.1, 0.15) is 4.88 Å². The molecule has 5 heteroatoms. The molecule has 0 radical (unpaired) electrons. The molecule has 4 nitrogen and oxygen atoms in total. The first kappa shape index (κ1) is 8.65. The van der Waals surface area contributed by atoms with Gasteiger partial charge in [-0.15, -0.1) is 11.3 Å². The summed E-state index contributed by atoms with van der Waals surface area (Å²) in [5.74, 6) is -0.0283. The fourth-order valence-corrected chi connectivity index (χ4v) is 1.89. The summed E-state index contributed by atoms with van der Waals surface area (Å²) < 4.78 is 0. The molecule has 0 bridgehead atoms. The van der Waals surface area contributed by atoms with Crippen LogP contribution in [0.2, 0.25) is 0 Å². The fraction of sp³-hybridized carbons (Fsp3) is 0.500. The quantitative estimate of drug-likeness (QED) is 0.719. The van der Waals surface area contributed by atoms with Gasteiger partial charge >= 0.3 is 0 Å². The maximum atomic E-state index is 11.4. The number of thiazole rings is 1. The van der Waals surface area contributed by atoms with Gasteiger partial charge in [0.05, 0.1) is 11.7 Å². The van der Waals surface area contributed by atoms with Gasteiger partial charge < -0.3 is 11.1 Å². The summed E-state index contributed by atoms with van der Waals surface area (Å²) in [6.07, 6.45) is 3.37. The number of aromatic nitrogens is 1. The second kappa shape index (κ2) is 3.43. The molecule has 0 aliphatic heterocycles. The van der Waals surface area contributed by atoms with Crippen LogP contribution in [0.25, 0.3) is 0 Å². The largest absolute Gasteiger partial charge is 0.348 e. The van der Waals surface area contributed by atoms with Gasteiger partial charge in [0.25, 0.3) is 5.91 Å². The molecule has 3 N–H and O–H groups in total. The first-order valence-corrected chi connectivity index (χ1v) is 5.08. The Morgan fingerprint density at radius 3 is 3.00 bits per heavy atom. The molecule has 1 amide bonds. The van der Waals surface area contributed by atoms with Gasteiger partial charge in [-0.2, -0.15) is 0 Å². The van der Waals surface area contributed by atoms with Gasteiger partial charge in [-0.25, -0.2) is 0 Å². The van der Waals surface area contributed by atoms with Gasteiger partial charge in [0, 0.05) is 12.1 Å². The summed E-state index contributed by atoms with van der Waals surface area (Å²) in [5.41, 5.74) is 7.26. The van der Waals surface area contributed by atoms with Crippen LogP contribution in [0.4, 0.5) is 0 Å². The van der Waals surface area contributed by atoms with Crippen LogP contribution < -0.4 is 11.1 Å². The standard InChI is InChI=1S/C8H11N3OS/c9-5-1-6(2-5)11-8(12)7-3-10-4-13-7/h3-6H,1-2,9H2,(H,11,12). The number of carbonyl (C=O) groups excluding carboxylic acids is 1. The molecule has 1 aliphatic carbocycles. The molecule has 1 aromatic rings. The highest BCUT2D eigenvalue weighted by Crippen LogP contribution is 2.18. The van der Waals surface area contributed by atoms with Crippen LogP contribution in [0.5, 0.6) is 0 Å². The van der Waals surface area contributed by atoms with E-state index >= 15 is 0 Å². The van der Waals surface area contributed by atoms with E-state index in [1.54, 1.807) is 11.7 Å². The van der Waals surface area contributed by atoms with Crippen molar-refractivity contribution in [1.29, 1.82) is 0 Å². The van der Waals surface area contributed by atoms with Crippen LogP contribution in [0.15, 0.2) is 11.7 Å². The molecule has 13 heavy (non-hydrogen) atoms. The summed E-state index contributed by atoms with van der Waals surface area (Å²) in [6.45, 7) is 0. The molecule has 0 aromatic carbocycles. The summed E-state index contributed by atoms with van der Waals surface area (Å²) >= 11 is 1.35. The Kier molecular flexibility index (Phi) is 2.28. The molecule has 1 aromatic heterocycles. The number of hydrogen-bond donors (Lipinski definition) is 2. The Morgan fingerprint density at radius 1 is 1.69 bits per heavy atom. The molecule has 0 spiro atoms. The zero-order chi connectivity index (χ0) is 9.26. The van der Waals surface area contributed by atoms with Gasteiger partial charge in [-0.3, -0.25) is 9.78 Å². The van der Waals surface area contributed by atoms with E-state index in [4.69, 9.17) is 5.73 Å². The smallest absolute Gasteiger partial charge is 0.263 e. The van der Waals surface area contributed by atoms with Crippen molar-refractivity contribution in [3.05, 3.63) is 16.6 Å². The van der Waals surface area contributed by atoms with Crippen molar-refractivity contribution in [2.24, 2.45) is 5.73 Å². The zero-order valence-corrected chi connectivity index (χ0v) is 7.88. The molecular weight excluding hydrogens is 186 g/mol. The van der Waals surface area contributed by atoms with Crippen molar-refractivity contribution in [1.82, 2.24) is 10.3 Å². The minimum atomic E-state index is -0.0283. The van der Waals surface area contributed by atoms with Gasteiger partial charge in [0.2, 0.25) is 0 Å². The lowest BCUT2D eigenvalue weighted by atomic mass is 9.87. The third-order valence-electron chi connectivity index (χ3n) is 2.17. The maximum Gasteiger partial charge on any atom is 0.263 e. The summed E-state index contributed by atoms with van der Waals surface area (Å²) in [4.78, 5) is 15.9. The van der Waals surface area contributed by atoms with Crippen LogP contribution in [0.3, 0.4) is 0 Å². The van der Waals surface area contributed by atoms with Crippen LogP contribution in [0.1, 0.15) is 22.5 Å². The molecule has 0 unspecified atom stereocenters. The predicted octanol–water partition coefficient (Wildman–Crippen LogP) is 0.363. The average molecular weight is 197 g/mol. The molecule has 0 saturated heterocycles. The SMILES string of the molecule is NC1CC(NC(=O)c2cncs2)C1. The second-order valence-electron chi connectivity index (χ2n) is 3.27. The number of nitrogens with one attached hydrogen (secondary N) is 1. The van der Waals surface area contributed by atoms with Crippen molar-refractivity contribution >= 4 is 17.2 Å². The van der Waals surface area contributed by atoms with Crippen LogP contribution in [-0.4, -0.2) is 23.0 Å². The Balaban J connectivity index is 1.86. The molecule has 70 valence electrons. The van der Waals surface area contributed by atoms with Crippen molar-refractivity contribution < 1.29 is 4.79 Å². The highest BCUT2D eigenvalue weighted by molar-refractivity contribution is 7.11. The maximum absolute atomic E-state index is 11.4. The van der Waals surface area contributed by atoms with E-state index in [1.807, 2.05) is 0 Å². The van der Waals surface area contributed by atoms with E-state index in [1.165, 1.54) is 11.3 Å². The van der Waals surface area contributed by atoms with Crippen LogP contribution in [-0.2, 0) is 0 Å². The molecule has 1 saturated carbocycles. The van der Waals surface area contributed by atoms with E-state index in [-0.39, 0.29) is 18.0 Å². The minimum Gasteiger partial charge on any atom is -0.348 e. The normalized spacial score (nSPS) is 26.5. The molecule has 0 atom stereocenters. The third kappa shape index (κ3) is 1.87. The number of nitrogens with zero attached hydrogens (tertiary/aromatic N) is 1. The topological polar surface area (TPSA) is 68.0 Å². The second-order valence-corrected chi connectivity index (χ2v) is 4.15. The summed E-state index contributed by atoms with van der Waals surface area (Å²) in [5, 5.41) is 2.90. The highest BCUT2D eigenvalue weighted by Gasteiger charge is 2.27. The molecule has 2 rings (SSSR count). The van der Waals surface area contributed by atoms with Crippen molar-refractivity contribution in [3.8, 4) is 0 Å². The summed E-state index contributed by atoms with van der Waals surface area (Å²) in [6, 6.07) is 0.538. The monoisotopic (exact) mass is 197 g/mol. The van der Waals surface area contributed by atoms with Gasteiger partial charge in [0.15, 0.2) is 0 Å². The summed E-state index contributed by atoms with van der Waals surface area (Å²) in [7, 11) is 0. The number of nitrogens with two attached hydrogens (primary N) is 1. The molecule has 1 fully saturated rings.